The molecular weight excluding hydrogens is 240 g/mol. The standard InChI is InChI=1S/C15H22N2O2/c1-5-10(2)17-12-6-11(7-15(3,4)8-12)13(9-16)14(18)19/h6,10,17H,5,7-8H2,1-4H3,(H,18,19). The second-order valence-electron chi connectivity index (χ2n) is 5.96. The van der Waals surface area contributed by atoms with Gasteiger partial charge >= 0.3 is 5.97 Å². The van der Waals surface area contributed by atoms with Gasteiger partial charge in [0, 0.05) is 11.7 Å². The van der Waals surface area contributed by atoms with Crippen molar-refractivity contribution in [3.05, 3.63) is 22.9 Å². The summed E-state index contributed by atoms with van der Waals surface area (Å²) in [6.45, 7) is 8.37. The molecule has 1 unspecified atom stereocenters. The fourth-order valence-electron chi connectivity index (χ4n) is 2.33. The van der Waals surface area contributed by atoms with Crippen molar-refractivity contribution in [3.63, 3.8) is 0 Å². The molecule has 1 rings (SSSR count). The molecule has 2 N–H and O–H groups in total. The quantitative estimate of drug-likeness (QED) is 0.603. The van der Waals surface area contributed by atoms with E-state index in [1.54, 1.807) is 6.07 Å². The van der Waals surface area contributed by atoms with E-state index in [0.717, 1.165) is 18.5 Å². The number of carboxylic acids is 1. The number of nitrogens with one attached hydrogen (secondary N) is 1. The summed E-state index contributed by atoms with van der Waals surface area (Å²) in [5.74, 6) is -1.14. The molecule has 4 nitrogen and oxygen atoms in total. The van der Waals surface area contributed by atoms with Crippen molar-refractivity contribution in [2.45, 2.75) is 53.0 Å². The fourth-order valence-corrected chi connectivity index (χ4v) is 2.33. The number of carboxylic acid groups (broad SMARTS) is 1. The van der Waals surface area contributed by atoms with Crippen LogP contribution in [0.4, 0.5) is 0 Å². The predicted octanol–water partition coefficient (Wildman–Crippen LogP) is 2.98. The molecule has 0 amide bonds. The molecule has 0 bridgehead atoms. The van der Waals surface area contributed by atoms with Crippen LogP contribution in [0, 0.1) is 16.7 Å². The molecule has 0 saturated carbocycles. The summed E-state index contributed by atoms with van der Waals surface area (Å²) in [6, 6.07) is 2.15. The first-order valence-corrected chi connectivity index (χ1v) is 6.62. The first kappa shape index (κ1) is 15.3. The zero-order chi connectivity index (χ0) is 14.6. The lowest BCUT2D eigenvalue weighted by molar-refractivity contribution is -0.132. The van der Waals surface area contributed by atoms with E-state index in [-0.39, 0.29) is 11.0 Å². The smallest absolute Gasteiger partial charge is 0.346 e. The van der Waals surface area contributed by atoms with Crippen molar-refractivity contribution in [1.29, 1.82) is 5.26 Å². The number of allylic oxidation sites excluding steroid dienone is 3. The minimum atomic E-state index is -1.14. The van der Waals surface area contributed by atoms with E-state index in [0.29, 0.717) is 18.0 Å². The van der Waals surface area contributed by atoms with E-state index >= 15 is 0 Å². The average molecular weight is 262 g/mol. The summed E-state index contributed by atoms with van der Waals surface area (Å²) in [5, 5.41) is 21.5. The maximum Gasteiger partial charge on any atom is 0.346 e. The zero-order valence-corrected chi connectivity index (χ0v) is 12.1. The summed E-state index contributed by atoms with van der Waals surface area (Å²) in [5.41, 5.74) is 1.47. The van der Waals surface area contributed by atoms with E-state index in [2.05, 4.69) is 33.0 Å². The van der Waals surface area contributed by atoms with Crippen LogP contribution in [0.5, 0.6) is 0 Å². The molecule has 0 heterocycles. The lowest BCUT2D eigenvalue weighted by Crippen LogP contribution is -2.30. The number of hydrogen-bond donors (Lipinski definition) is 2. The molecule has 0 aliphatic heterocycles. The van der Waals surface area contributed by atoms with Crippen molar-refractivity contribution in [3.8, 4) is 6.07 Å². The maximum atomic E-state index is 11.1. The van der Waals surface area contributed by atoms with Crippen LogP contribution in [0.3, 0.4) is 0 Å². The van der Waals surface area contributed by atoms with Crippen molar-refractivity contribution in [2.24, 2.45) is 5.41 Å². The largest absolute Gasteiger partial charge is 0.477 e. The molecule has 104 valence electrons. The molecule has 1 atom stereocenters. The first-order valence-electron chi connectivity index (χ1n) is 6.62. The van der Waals surface area contributed by atoms with Crippen molar-refractivity contribution >= 4 is 5.97 Å². The van der Waals surface area contributed by atoms with Gasteiger partial charge in [0.1, 0.15) is 11.6 Å². The number of nitrogens with zero attached hydrogens (tertiary/aromatic N) is 1. The first-order chi connectivity index (χ1) is 8.79. The second-order valence-corrected chi connectivity index (χ2v) is 5.96. The Morgan fingerprint density at radius 1 is 1.58 bits per heavy atom. The summed E-state index contributed by atoms with van der Waals surface area (Å²) in [6.07, 6.45) is 4.33. The van der Waals surface area contributed by atoms with Crippen LogP contribution in [-0.2, 0) is 4.79 Å². The third kappa shape index (κ3) is 4.13. The highest BCUT2D eigenvalue weighted by atomic mass is 16.4. The van der Waals surface area contributed by atoms with Gasteiger partial charge in [0.05, 0.1) is 0 Å². The van der Waals surface area contributed by atoms with E-state index in [4.69, 9.17) is 10.4 Å². The molecule has 19 heavy (non-hydrogen) atoms. The van der Waals surface area contributed by atoms with E-state index in [9.17, 15) is 4.79 Å². The summed E-state index contributed by atoms with van der Waals surface area (Å²) in [4.78, 5) is 11.1. The molecule has 0 aromatic carbocycles. The Kier molecular flexibility index (Phi) is 4.77. The highest BCUT2D eigenvalue weighted by Crippen LogP contribution is 2.38. The van der Waals surface area contributed by atoms with Crippen molar-refractivity contribution in [1.82, 2.24) is 5.32 Å². The van der Waals surface area contributed by atoms with Crippen LogP contribution in [0.2, 0.25) is 0 Å². The van der Waals surface area contributed by atoms with Crippen LogP contribution in [0.15, 0.2) is 22.9 Å². The fraction of sp³-hybridized carbons (Fsp3) is 0.600. The third-order valence-corrected chi connectivity index (χ3v) is 3.38. The van der Waals surface area contributed by atoms with Crippen LogP contribution in [-0.4, -0.2) is 17.1 Å². The van der Waals surface area contributed by atoms with Gasteiger partial charge in [-0.2, -0.15) is 5.26 Å². The molecule has 1 aliphatic carbocycles. The molecule has 0 fully saturated rings. The lowest BCUT2D eigenvalue weighted by Gasteiger charge is -2.33. The minimum Gasteiger partial charge on any atom is -0.477 e. The predicted molar refractivity (Wildman–Crippen MR) is 74.3 cm³/mol. The molecular formula is C15H22N2O2. The second kappa shape index (κ2) is 5.92. The van der Waals surface area contributed by atoms with Crippen LogP contribution < -0.4 is 5.32 Å². The average Bonchev–Trinajstić information content (AvgIpc) is 2.26. The lowest BCUT2D eigenvalue weighted by atomic mass is 9.76. The van der Waals surface area contributed by atoms with Crippen LogP contribution in [0.25, 0.3) is 0 Å². The monoisotopic (exact) mass is 262 g/mol. The molecule has 4 heteroatoms. The van der Waals surface area contributed by atoms with Gasteiger partial charge in [0.2, 0.25) is 0 Å². The number of aliphatic carboxylic acids is 1. The molecule has 1 aliphatic rings. The number of nitriles is 1. The Morgan fingerprint density at radius 2 is 2.21 bits per heavy atom. The van der Waals surface area contributed by atoms with Gasteiger partial charge in [-0.1, -0.05) is 20.8 Å². The summed E-state index contributed by atoms with van der Waals surface area (Å²) >= 11 is 0. The molecule has 0 aromatic heterocycles. The SMILES string of the molecule is CCC(C)NC1=CC(=C(C#N)C(=O)O)CC(C)(C)C1. The van der Waals surface area contributed by atoms with Gasteiger partial charge in [-0.15, -0.1) is 0 Å². The minimum absolute atomic E-state index is 0.0303. The van der Waals surface area contributed by atoms with Gasteiger partial charge in [-0.05, 0) is 43.3 Å². The number of carbonyl (C=O) groups is 1. The van der Waals surface area contributed by atoms with Gasteiger partial charge in [-0.3, -0.25) is 0 Å². The van der Waals surface area contributed by atoms with Gasteiger partial charge in [0.25, 0.3) is 0 Å². The number of hydrogen-bond acceptors (Lipinski definition) is 3. The normalized spacial score (nSPS) is 21.9. The topological polar surface area (TPSA) is 73.1 Å². The highest BCUT2D eigenvalue weighted by Gasteiger charge is 2.29. The van der Waals surface area contributed by atoms with Gasteiger partial charge in [0.15, 0.2) is 0 Å². The van der Waals surface area contributed by atoms with Crippen LogP contribution in [0.1, 0.15) is 47.0 Å². The molecule has 0 saturated heterocycles. The Hall–Kier alpha value is -1.76. The third-order valence-electron chi connectivity index (χ3n) is 3.38. The molecule has 0 radical (unpaired) electrons. The Bertz CT molecular complexity index is 467. The maximum absolute atomic E-state index is 11.1. The Balaban J connectivity index is 3.15. The Morgan fingerprint density at radius 3 is 2.68 bits per heavy atom. The zero-order valence-electron chi connectivity index (χ0n) is 12.1. The Labute approximate surface area is 114 Å². The van der Waals surface area contributed by atoms with Gasteiger partial charge in [-0.25, -0.2) is 4.79 Å². The number of rotatable bonds is 4. The summed E-state index contributed by atoms with van der Waals surface area (Å²) in [7, 11) is 0. The van der Waals surface area contributed by atoms with E-state index in [1.165, 1.54) is 0 Å². The van der Waals surface area contributed by atoms with E-state index in [1.807, 2.05) is 6.08 Å². The molecule has 0 spiro atoms. The van der Waals surface area contributed by atoms with Gasteiger partial charge < -0.3 is 10.4 Å². The summed E-state index contributed by atoms with van der Waals surface area (Å²) < 4.78 is 0. The molecule has 0 aromatic rings. The highest BCUT2D eigenvalue weighted by molar-refractivity contribution is 5.92. The van der Waals surface area contributed by atoms with Crippen molar-refractivity contribution < 1.29 is 9.90 Å². The van der Waals surface area contributed by atoms with Crippen LogP contribution >= 0.6 is 0 Å². The van der Waals surface area contributed by atoms with Crippen molar-refractivity contribution in [2.75, 3.05) is 0 Å². The van der Waals surface area contributed by atoms with E-state index < -0.39 is 5.97 Å².